The van der Waals surface area contributed by atoms with E-state index in [1.807, 2.05) is 18.3 Å². The number of sulfonamides is 1. The molecule has 3 N–H and O–H groups in total. The van der Waals surface area contributed by atoms with Crippen LogP contribution in [0, 0.1) is 0 Å². The van der Waals surface area contributed by atoms with E-state index in [9.17, 15) is 13.2 Å². The number of thiazole rings is 1. The van der Waals surface area contributed by atoms with Crippen LogP contribution in [0.4, 0.5) is 10.6 Å². The van der Waals surface area contributed by atoms with Gasteiger partial charge < -0.3 is 15.7 Å². The molecule has 2 aromatic heterocycles. The first-order valence-corrected chi connectivity index (χ1v) is 13.9. The highest BCUT2D eigenvalue weighted by atomic mass is 32.2. The van der Waals surface area contributed by atoms with Gasteiger partial charge in [-0.3, -0.25) is 4.68 Å². The highest BCUT2D eigenvalue weighted by molar-refractivity contribution is 7.91. The smallest absolute Gasteiger partial charge is 0.404 e. The Kier molecular flexibility index (Phi) is 6.45. The third-order valence-corrected chi connectivity index (χ3v) is 9.42. The summed E-state index contributed by atoms with van der Waals surface area (Å²) in [7, 11) is -1.80. The van der Waals surface area contributed by atoms with Gasteiger partial charge in [-0.25, -0.2) is 18.2 Å². The minimum atomic E-state index is -3.57. The van der Waals surface area contributed by atoms with Gasteiger partial charge in [0, 0.05) is 35.8 Å². The molecule has 11 nitrogen and oxygen atoms in total. The van der Waals surface area contributed by atoms with Crippen LogP contribution in [0.3, 0.4) is 0 Å². The lowest BCUT2D eigenvalue weighted by Gasteiger charge is -2.27. The predicted molar refractivity (Wildman–Crippen MR) is 132 cm³/mol. The van der Waals surface area contributed by atoms with Gasteiger partial charge in [0.2, 0.25) is 0 Å². The van der Waals surface area contributed by atoms with E-state index in [-0.39, 0.29) is 17.9 Å². The van der Waals surface area contributed by atoms with E-state index in [0.717, 1.165) is 35.6 Å². The summed E-state index contributed by atoms with van der Waals surface area (Å²) >= 11 is 1.57. The van der Waals surface area contributed by atoms with Crippen molar-refractivity contribution in [2.24, 2.45) is 11.4 Å². The molecule has 0 bridgehead atoms. The first-order valence-electron chi connectivity index (χ1n) is 11.6. The van der Waals surface area contributed by atoms with Gasteiger partial charge in [0.1, 0.15) is 0 Å². The van der Waals surface area contributed by atoms with Gasteiger partial charge in [-0.15, -0.1) is 16.4 Å². The number of allylic oxidation sites excluding steroid dienone is 3. The van der Waals surface area contributed by atoms with Crippen molar-refractivity contribution in [3.8, 4) is 0 Å². The monoisotopic (exact) mass is 517 g/mol. The fourth-order valence-corrected chi connectivity index (χ4v) is 6.95. The van der Waals surface area contributed by atoms with Crippen molar-refractivity contribution in [3.63, 3.8) is 0 Å². The second-order valence-corrected chi connectivity index (χ2v) is 12.1. The summed E-state index contributed by atoms with van der Waals surface area (Å²) < 4.78 is 31.3. The largest absolute Gasteiger partial charge is 0.465 e. The number of carbonyl (C=O) groups is 1. The van der Waals surface area contributed by atoms with Crippen molar-refractivity contribution in [1.82, 2.24) is 25.3 Å². The van der Waals surface area contributed by atoms with Crippen molar-refractivity contribution in [1.29, 1.82) is 0 Å². The molecule has 2 aromatic rings. The minimum Gasteiger partial charge on any atom is -0.465 e. The summed E-state index contributed by atoms with van der Waals surface area (Å²) in [6.07, 6.45) is 12.7. The van der Waals surface area contributed by atoms with Crippen LogP contribution in [0.25, 0.3) is 0 Å². The molecule has 1 atom stereocenters. The van der Waals surface area contributed by atoms with E-state index < -0.39 is 21.4 Å². The lowest BCUT2D eigenvalue weighted by atomic mass is 9.86. The zero-order chi connectivity index (χ0) is 24.6. The van der Waals surface area contributed by atoms with Crippen molar-refractivity contribution in [2.45, 2.75) is 61.7 Å². The van der Waals surface area contributed by atoms with E-state index >= 15 is 0 Å². The Morgan fingerprint density at radius 2 is 2.00 bits per heavy atom. The Labute approximate surface area is 207 Å². The van der Waals surface area contributed by atoms with E-state index in [2.05, 4.69) is 30.3 Å². The van der Waals surface area contributed by atoms with Crippen molar-refractivity contribution in [2.75, 3.05) is 5.32 Å². The summed E-state index contributed by atoms with van der Waals surface area (Å²) in [6.45, 7) is 0. The van der Waals surface area contributed by atoms with Gasteiger partial charge in [0.25, 0.3) is 10.0 Å². The second-order valence-electron chi connectivity index (χ2n) is 9.17. The van der Waals surface area contributed by atoms with E-state index in [1.165, 1.54) is 0 Å². The van der Waals surface area contributed by atoms with Gasteiger partial charge in [0.05, 0.1) is 28.1 Å². The first kappa shape index (κ1) is 23.7. The van der Waals surface area contributed by atoms with Gasteiger partial charge in [-0.05, 0) is 50.7 Å². The molecule has 5 rings (SSSR count). The molecule has 0 radical (unpaired) electrons. The normalized spacial score (nSPS) is 25.9. The highest BCUT2D eigenvalue weighted by Gasteiger charge is 2.37. The predicted octanol–water partition coefficient (Wildman–Crippen LogP) is 3.15. The van der Waals surface area contributed by atoms with Crippen LogP contribution in [-0.2, 0) is 17.1 Å². The zero-order valence-corrected chi connectivity index (χ0v) is 20.8. The van der Waals surface area contributed by atoms with Gasteiger partial charge >= 0.3 is 6.09 Å². The number of hydrogen-bond acceptors (Lipinski definition) is 8. The molecule has 0 aromatic carbocycles. The Morgan fingerprint density at radius 3 is 2.66 bits per heavy atom. The van der Waals surface area contributed by atoms with Gasteiger partial charge in [0.15, 0.2) is 5.82 Å². The van der Waals surface area contributed by atoms with Crippen LogP contribution in [0.5, 0.6) is 0 Å². The maximum atomic E-state index is 12.7. The molecule has 3 aliphatic rings. The molecular weight excluding hydrogens is 490 g/mol. The Morgan fingerprint density at radius 1 is 1.23 bits per heavy atom. The fraction of sp³-hybridized carbons (Fsp3) is 0.500. The first-order chi connectivity index (χ1) is 16.8. The van der Waals surface area contributed by atoms with E-state index in [4.69, 9.17) is 5.11 Å². The quantitative estimate of drug-likeness (QED) is 0.507. The van der Waals surface area contributed by atoms with Crippen molar-refractivity contribution < 1.29 is 18.3 Å². The van der Waals surface area contributed by atoms with Crippen LogP contribution >= 0.6 is 11.3 Å². The SMILES string of the molecule is Cn1cc(NC2=CC(=NS(=O)(=O)C3CC3)C(c3cnc(C4CCC(NC(=O)O)CC4)s3)C=C2)nn1. The van der Waals surface area contributed by atoms with E-state index in [1.54, 1.807) is 35.3 Å². The molecule has 186 valence electrons. The molecule has 0 aliphatic heterocycles. The number of carboxylic acid groups (broad SMARTS) is 1. The number of nitrogens with one attached hydrogen (secondary N) is 2. The number of amides is 1. The Hall–Kier alpha value is -3.06. The second kappa shape index (κ2) is 9.53. The number of nitrogens with zero attached hydrogens (tertiary/aromatic N) is 5. The highest BCUT2D eigenvalue weighted by Crippen LogP contribution is 2.39. The van der Waals surface area contributed by atoms with Crippen LogP contribution in [-0.4, -0.2) is 56.6 Å². The average Bonchev–Trinajstić information content (AvgIpc) is 3.44. The van der Waals surface area contributed by atoms with Gasteiger partial charge in [-0.2, -0.15) is 4.40 Å². The Balaban J connectivity index is 1.36. The van der Waals surface area contributed by atoms with Crippen molar-refractivity contribution in [3.05, 3.63) is 46.2 Å². The number of hydrogen-bond donors (Lipinski definition) is 3. The third-order valence-electron chi connectivity index (χ3n) is 6.40. The standard InChI is InChI=1S/C22H27N7O4S2/c1-29-12-20(26-28-29)24-15-6-9-17(18(10-15)27-35(32,33)16-7-8-16)19-11-23-21(34-19)13-2-4-14(5-3-13)25-22(30)31/h6,9-14,16-17,24-25H,2-5,7-8H2,1H3,(H,30,31). The fourth-order valence-electron chi connectivity index (χ4n) is 4.43. The number of aryl methyl sites for hydroxylation is 1. The summed E-state index contributed by atoms with van der Waals surface area (Å²) in [5, 5.41) is 23.2. The van der Waals surface area contributed by atoms with Crippen LogP contribution < -0.4 is 10.6 Å². The minimum absolute atomic E-state index is 0.0128. The maximum absolute atomic E-state index is 12.7. The van der Waals surface area contributed by atoms with Crippen LogP contribution in [0.2, 0.25) is 0 Å². The van der Waals surface area contributed by atoms with Gasteiger partial charge in [-0.1, -0.05) is 11.3 Å². The molecule has 0 saturated heterocycles. The average molecular weight is 518 g/mol. The molecular formula is C22H27N7O4S2. The van der Waals surface area contributed by atoms with E-state index in [0.29, 0.717) is 30.1 Å². The molecule has 2 heterocycles. The molecule has 13 heteroatoms. The Bertz CT molecular complexity index is 1300. The lowest BCUT2D eigenvalue weighted by Crippen LogP contribution is -2.36. The third kappa shape index (κ3) is 5.61. The lowest BCUT2D eigenvalue weighted by molar-refractivity contribution is 0.185. The molecule has 35 heavy (non-hydrogen) atoms. The summed E-state index contributed by atoms with van der Waals surface area (Å²) in [5.41, 5.74) is 1.14. The summed E-state index contributed by atoms with van der Waals surface area (Å²) in [5.74, 6) is 0.514. The topological polar surface area (TPSA) is 151 Å². The van der Waals surface area contributed by atoms with Crippen molar-refractivity contribution >= 4 is 39.0 Å². The molecule has 1 amide bonds. The summed E-state index contributed by atoms with van der Waals surface area (Å²) in [4.78, 5) is 16.5. The molecule has 2 saturated carbocycles. The number of rotatable bonds is 7. The van der Waals surface area contributed by atoms with Crippen LogP contribution in [0.1, 0.15) is 60.2 Å². The number of aromatic nitrogens is 4. The molecule has 1 unspecified atom stereocenters. The molecule has 3 aliphatic carbocycles. The number of anilines is 1. The zero-order valence-electron chi connectivity index (χ0n) is 19.2. The molecule has 0 spiro atoms. The van der Waals surface area contributed by atoms with Crippen LogP contribution in [0.15, 0.2) is 40.7 Å². The summed E-state index contributed by atoms with van der Waals surface area (Å²) in [6, 6.07) is -0.0128. The maximum Gasteiger partial charge on any atom is 0.404 e. The molecule has 2 fully saturated rings.